The van der Waals surface area contributed by atoms with Crippen molar-refractivity contribution in [3.63, 3.8) is 0 Å². The fourth-order valence-corrected chi connectivity index (χ4v) is 3.67. The Morgan fingerprint density at radius 3 is 2.33 bits per heavy atom. The summed E-state index contributed by atoms with van der Waals surface area (Å²) in [5.74, 6) is -0.0404. The first kappa shape index (κ1) is 20.0. The maximum Gasteiger partial charge on any atom is 0.254 e. The van der Waals surface area contributed by atoms with Crippen LogP contribution >= 0.6 is 0 Å². The van der Waals surface area contributed by atoms with Crippen LogP contribution in [0.5, 0.6) is 0 Å². The number of amides is 1. The van der Waals surface area contributed by atoms with Crippen LogP contribution in [-0.2, 0) is 17.9 Å². The number of hydrogen-bond acceptors (Lipinski definition) is 4. The van der Waals surface area contributed by atoms with E-state index < -0.39 is 0 Å². The van der Waals surface area contributed by atoms with Crippen molar-refractivity contribution in [2.75, 3.05) is 26.2 Å². The number of aryl methyl sites for hydroxylation is 1. The molecule has 4 rings (SSSR count). The molecule has 0 aliphatic carbocycles. The highest BCUT2D eigenvalue weighted by atomic mass is 16.2. The Hall–Kier alpha value is -3.25. The Kier molecular flexibility index (Phi) is 6.05. The summed E-state index contributed by atoms with van der Waals surface area (Å²) in [6.07, 6.45) is 1.47. The van der Waals surface area contributed by atoms with E-state index in [4.69, 9.17) is 0 Å². The predicted octanol–water partition coefficient (Wildman–Crippen LogP) is 2.56. The van der Waals surface area contributed by atoms with E-state index in [1.807, 2.05) is 54.3 Å². The molecule has 1 fully saturated rings. The Labute approximate surface area is 176 Å². The van der Waals surface area contributed by atoms with Gasteiger partial charge in [0.1, 0.15) is 6.54 Å². The number of aromatic nitrogens is 2. The van der Waals surface area contributed by atoms with Crippen LogP contribution in [0.15, 0.2) is 71.8 Å². The number of rotatable bonds is 5. The molecule has 1 aliphatic heterocycles. The van der Waals surface area contributed by atoms with Gasteiger partial charge in [-0.2, -0.15) is 0 Å². The summed E-state index contributed by atoms with van der Waals surface area (Å²) >= 11 is 0. The Morgan fingerprint density at radius 1 is 0.967 bits per heavy atom. The minimum atomic E-state index is -0.211. The van der Waals surface area contributed by atoms with Crippen molar-refractivity contribution < 1.29 is 4.79 Å². The maximum absolute atomic E-state index is 12.7. The number of nitrogens with zero attached hydrogens (tertiary/aromatic N) is 4. The largest absolute Gasteiger partial charge is 0.339 e. The lowest BCUT2D eigenvalue weighted by Gasteiger charge is -2.34. The molecule has 0 bridgehead atoms. The zero-order valence-electron chi connectivity index (χ0n) is 17.2. The third-order valence-electron chi connectivity index (χ3n) is 5.51. The summed E-state index contributed by atoms with van der Waals surface area (Å²) in [4.78, 5) is 33.8. The van der Waals surface area contributed by atoms with E-state index in [1.165, 1.54) is 22.5 Å². The first-order valence-corrected chi connectivity index (χ1v) is 10.3. The summed E-state index contributed by atoms with van der Waals surface area (Å²) in [5, 5.41) is 0. The average Bonchev–Trinajstić information content (AvgIpc) is 2.77. The quantitative estimate of drug-likeness (QED) is 0.658. The molecule has 0 spiro atoms. The van der Waals surface area contributed by atoms with Gasteiger partial charge >= 0.3 is 0 Å². The maximum atomic E-state index is 12.7. The van der Waals surface area contributed by atoms with Gasteiger partial charge in [0.25, 0.3) is 5.56 Å². The molecule has 6 nitrogen and oxygen atoms in total. The minimum Gasteiger partial charge on any atom is -0.339 e. The van der Waals surface area contributed by atoms with Crippen LogP contribution in [0, 0.1) is 6.92 Å². The average molecular weight is 402 g/mol. The van der Waals surface area contributed by atoms with Gasteiger partial charge in [-0.15, -0.1) is 0 Å². The summed E-state index contributed by atoms with van der Waals surface area (Å²) in [6, 6.07) is 19.7. The van der Waals surface area contributed by atoms with Gasteiger partial charge in [0, 0.05) is 44.4 Å². The molecule has 2 heterocycles. The smallest absolute Gasteiger partial charge is 0.254 e. The Morgan fingerprint density at radius 2 is 1.67 bits per heavy atom. The number of carbonyl (C=O) groups is 1. The molecule has 1 amide bonds. The van der Waals surface area contributed by atoms with Gasteiger partial charge < -0.3 is 4.90 Å². The molecular weight excluding hydrogens is 376 g/mol. The molecule has 1 aromatic heterocycles. The highest BCUT2D eigenvalue weighted by molar-refractivity contribution is 5.76. The Bertz CT molecular complexity index is 1050. The van der Waals surface area contributed by atoms with E-state index in [-0.39, 0.29) is 18.0 Å². The van der Waals surface area contributed by atoms with Crippen molar-refractivity contribution in [1.82, 2.24) is 19.4 Å². The van der Waals surface area contributed by atoms with Crippen molar-refractivity contribution in [3.8, 4) is 11.3 Å². The third-order valence-corrected chi connectivity index (χ3v) is 5.51. The van der Waals surface area contributed by atoms with Crippen molar-refractivity contribution in [2.24, 2.45) is 0 Å². The van der Waals surface area contributed by atoms with E-state index in [2.05, 4.69) is 22.0 Å². The zero-order chi connectivity index (χ0) is 20.9. The highest BCUT2D eigenvalue weighted by Crippen LogP contribution is 2.15. The second kappa shape index (κ2) is 9.05. The SMILES string of the molecule is Cc1ccc(-c2cc(=O)n(CC(=O)N3CCN(Cc4ccccc4)CC3)cn2)cc1. The van der Waals surface area contributed by atoms with Crippen LogP contribution in [-0.4, -0.2) is 51.4 Å². The van der Waals surface area contributed by atoms with Crippen LogP contribution in [0.2, 0.25) is 0 Å². The second-order valence-corrected chi connectivity index (χ2v) is 7.75. The lowest BCUT2D eigenvalue weighted by molar-refractivity contribution is -0.133. The van der Waals surface area contributed by atoms with Crippen molar-refractivity contribution >= 4 is 5.91 Å². The van der Waals surface area contributed by atoms with Crippen LogP contribution in [0.25, 0.3) is 11.3 Å². The molecule has 0 atom stereocenters. The molecule has 1 saturated heterocycles. The standard InChI is InChI=1S/C24H26N4O2/c1-19-7-9-21(10-8-19)22-15-23(29)28(18-25-22)17-24(30)27-13-11-26(12-14-27)16-20-5-3-2-4-6-20/h2-10,15,18H,11-14,16-17H2,1H3. The van der Waals surface area contributed by atoms with Crippen LogP contribution in [0.1, 0.15) is 11.1 Å². The topological polar surface area (TPSA) is 58.4 Å². The molecule has 1 aliphatic rings. The molecule has 2 aromatic carbocycles. The molecule has 0 unspecified atom stereocenters. The molecule has 30 heavy (non-hydrogen) atoms. The molecular formula is C24H26N4O2. The summed E-state index contributed by atoms with van der Waals surface area (Å²) < 4.78 is 1.39. The van der Waals surface area contributed by atoms with E-state index >= 15 is 0 Å². The van der Waals surface area contributed by atoms with Gasteiger partial charge in [0.05, 0.1) is 12.0 Å². The normalized spacial score (nSPS) is 14.6. The van der Waals surface area contributed by atoms with Crippen molar-refractivity contribution in [1.29, 1.82) is 0 Å². The first-order valence-electron chi connectivity index (χ1n) is 10.3. The lowest BCUT2D eigenvalue weighted by Crippen LogP contribution is -2.49. The number of benzene rings is 2. The van der Waals surface area contributed by atoms with Crippen molar-refractivity contribution in [3.05, 3.63) is 88.5 Å². The molecule has 3 aromatic rings. The molecule has 0 N–H and O–H groups in total. The van der Waals surface area contributed by atoms with Gasteiger partial charge in [0.15, 0.2) is 0 Å². The van der Waals surface area contributed by atoms with E-state index in [0.717, 1.165) is 30.8 Å². The fraction of sp³-hybridized carbons (Fsp3) is 0.292. The van der Waals surface area contributed by atoms with E-state index in [0.29, 0.717) is 18.8 Å². The lowest BCUT2D eigenvalue weighted by atomic mass is 10.1. The van der Waals surface area contributed by atoms with Crippen LogP contribution in [0.4, 0.5) is 0 Å². The Balaban J connectivity index is 1.34. The van der Waals surface area contributed by atoms with Crippen molar-refractivity contribution in [2.45, 2.75) is 20.0 Å². The fourth-order valence-electron chi connectivity index (χ4n) is 3.67. The summed E-state index contributed by atoms with van der Waals surface area (Å²) in [6.45, 7) is 5.96. The second-order valence-electron chi connectivity index (χ2n) is 7.75. The molecule has 154 valence electrons. The summed E-state index contributed by atoms with van der Waals surface area (Å²) in [7, 11) is 0. The number of carbonyl (C=O) groups excluding carboxylic acids is 1. The monoisotopic (exact) mass is 402 g/mol. The predicted molar refractivity (Wildman–Crippen MR) is 117 cm³/mol. The van der Waals surface area contributed by atoms with Gasteiger partial charge in [-0.3, -0.25) is 19.1 Å². The number of piperazine rings is 1. The highest BCUT2D eigenvalue weighted by Gasteiger charge is 2.21. The zero-order valence-corrected chi connectivity index (χ0v) is 17.2. The molecule has 0 saturated carbocycles. The van der Waals surface area contributed by atoms with Gasteiger partial charge in [0.2, 0.25) is 5.91 Å². The van der Waals surface area contributed by atoms with E-state index in [1.54, 1.807) is 0 Å². The van der Waals surface area contributed by atoms with Gasteiger partial charge in [-0.25, -0.2) is 4.98 Å². The first-order chi connectivity index (χ1) is 14.6. The van der Waals surface area contributed by atoms with Gasteiger partial charge in [-0.1, -0.05) is 60.2 Å². The number of hydrogen-bond donors (Lipinski definition) is 0. The van der Waals surface area contributed by atoms with Crippen LogP contribution < -0.4 is 5.56 Å². The molecule has 6 heteroatoms. The summed E-state index contributed by atoms with van der Waals surface area (Å²) in [5.41, 5.74) is 3.74. The van der Waals surface area contributed by atoms with E-state index in [9.17, 15) is 9.59 Å². The minimum absolute atomic E-state index is 0.0265. The third kappa shape index (κ3) is 4.83. The molecule has 0 radical (unpaired) electrons. The van der Waals surface area contributed by atoms with Gasteiger partial charge in [-0.05, 0) is 12.5 Å². The van der Waals surface area contributed by atoms with Crippen LogP contribution in [0.3, 0.4) is 0 Å².